The number of rotatable bonds is 14. The van der Waals surface area contributed by atoms with Crippen molar-refractivity contribution in [2.45, 2.75) is 82.7 Å². The van der Waals surface area contributed by atoms with E-state index in [1.54, 1.807) is 18.9 Å². The molecular formula is C28H38N4O2S. The second-order valence-electron chi connectivity index (χ2n) is 8.96. The van der Waals surface area contributed by atoms with Crippen molar-refractivity contribution in [2.24, 2.45) is 0 Å². The zero-order valence-corrected chi connectivity index (χ0v) is 22.2. The fourth-order valence-corrected chi connectivity index (χ4v) is 4.85. The van der Waals surface area contributed by atoms with Gasteiger partial charge in [0.1, 0.15) is 5.75 Å². The van der Waals surface area contributed by atoms with Gasteiger partial charge in [0, 0.05) is 17.9 Å². The lowest BCUT2D eigenvalue weighted by atomic mass is 10.1. The number of benzene rings is 2. The van der Waals surface area contributed by atoms with Crippen molar-refractivity contribution in [2.75, 3.05) is 7.11 Å². The lowest BCUT2D eigenvalue weighted by Gasteiger charge is -2.16. The molecule has 0 saturated carbocycles. The van der Waals surface area contributed by atoms with Gasteiger partial charge in [-0.15, -0.1) is 10.2 Å². The van der Waals surface area contributed by atoms with E-state index in [4.69, 9.17) is 4.74 Å². The first kappa shape index (κ1) is 26.8. The monoisotopic (exact) mass is 494 g/mol. The van der Waals surface area contributed by atoms with Gasteiger partial charge in [-0.2, -0.15) is 0 Å². The summed E-state index contributed by atoms with van der Waals surface area (Å²) in [6, 6.07) is 16.1. The summed E-state index contributed by atoms with van der Waals surface area (Å²) in [5, 5.41) is 12.9. The van der Waals surface area contributed by atoms with Crippen LogP contribution in [0.25, 0.3) is 5.69 Å². The predicted octanol–water partition coefficient (Wildman–Crippen LogP) is 6.80. The normalized spacial score (nSPS) is 11.9. The first-order valence-electron chi connectivity index (χ1n) is 12.6. The fraction of sp³-hybridized carbons (Fsp3) is 0.464. The number of aryl methyl sites for hydroxylation is 1. The van der Waals surface area contributed by atoms with E-state index >= 15 is 0 Å². The van der Waals surface area contributed by atoms with Crippen LogP contribution in [0.15, 0.2) is 53.7 Å². The molecule has 0 aliphatic rings. The summed E-state index contributed by atoms with van der Waals surface area (Å²) in [7, 11) is 1.68. The van der Waals surface area contributed by atoms with E-state index in [1.807, 2.05) is 25.1 Å². The molecule has 1 amide bonds. The topological polar surface area (TPSA) is 69.0 Å². The molecule has 35 heavy (non-hydrogen) atoms. The summed E-state index contributed by atoms with van der Waals surface area (Å²) >= 11 is 1.62. The maximum Gasteiger partial charge on any atom is 0.220 e. The summed E-state index contributed by atoms with van der Waals surface area (Å²) in [6.45, 7) is 6.26. The van der Waals surface area contributed by atoms with E-state index in [9.17, 15) is 4.79 Å². The van der Waals surface area contributed by atoms with Crippen LogP contribution in [-0.2, 0) is 10.5 Å². The number of nitrogens with zero attached hydrogens (tertiary/aromatic N) is 3. The van der Waals surface area contributed by atoms with Gasteiger partial charge in [-0.05, 0) is 50.1 Å². The van der Waals surface area contributed by atoms with Gasteiger partial charge in [0.25, 0.3) is 0 Å². The molecule has 1 aromatic heterocycles. The lowest BCUT2D eigenvalue weighted by Crippen LogP contribution is -2.28. The Hall–Kier alpha value is -2.80. The number of amides is 1. The molecule has 3 rings (SSSR count). The number of ether oxygens (including phenoxy) is 1. The Bertz CT molecular complexity index is 1070. The van der Waals surface area contributed by atoms with Gasteiger partial charge in [0.05, 0.1) is 13.2 Å². The molecule has 1 N–H and O–H groups in total. The SMILES string of the molecule is CCCCCCCCC(=O)NC(C)c1nnc(SCc2cccc(OC)c2)n1-c1ccc(C)cc1. The van der Waals surface area contributed by atoms with Gasteiger partial charge in [-0.1, -0.05) is 80.6 Å². The minimum absolute atomic E-state index is 0.0667. The summed E-state index contributed by atoms with van der Waals surface area (Å²) in [5.41, 5.74) is 3.32. The second kappa shape index (κ2) is 13.9. The van der Waals surface area contributed by atoms with Crippen molar-refractivity contribution in [1.29, 1.82) is 0 Å². The maximum absolute atomic E-state index is 12.6. The van der Waals surface area contributed by atoms with Crippen LogP contribution in [0.2, 0.25) is 0 Å². The van der Waals surface area contributed by atoms with Crippen LogP contribution in [0.3, 0.4) is 0 Å². The van der Waals surface area contributed by atoms with Crippen LogP contribution in [0.5, 0.6) is 5.75 Å². The average Bonchev–Trinajstić information content (AvgIpc) is 3.29. The molecule has 1 unspecified atom stereocenters. The molecule has 1 heterocycles. The molecule has 6 nitrogen and oxygen atoms in total. The number of carbonyl (C=O) groups is 1. The number of hydrogen-bond donors (Lipinski definition) is 1. The highest BCUT2D eigenvalue weighted by Gasteiger charge is 2.21. The molecule has 0 radical (unpaired) electrons. The van der Waals surface area contributed by atoms with Gasteiger partial charge >= 0.3 is 0 Å². The smallest absolute Gasteiger partial charge is 0.220 e. The van der Waals surface area contributed by atoms with Crippen molar-refractivity contribution >= 4 is 17.7 Å². The number of thioether (sulfide) groups is 1. The minimum atomic E-state index is -0.248. The summed E-state index contributed by atoms with van der Waals surface area (Å²) in [5.74, 6) is 2.38. The molecule has 7 heteroatoms. The second-order valence-corrected chi connectivity index (χ2v) is 9.90. The van der Waals surface area contributed by atoms with Crippen molar-refractivity contribution in [3.8, 4) is 11.4 Å². The Morgan fingerprint density at radius 2 is 1.80 bits per heavy atom. The Balaban J connectivity index is 1.71. The number of nitrogens with one attached hydrogen (secondary N) is 1. The Kier molecular flexibility index (Phi) is 10.7. The summed E-state index contributed by atoms with van der Waals surface area (Å²) < 4.78 is 7.41. The van der Waals surface area contributed by atoms with E-state index in [-0.39, 0.29) is 11.9 Å². The van der Waals surface area contributed by atoms with Crippen LogP contribution < -0.4 is 10.1 Å². The Morgan fingerprint density at radius 1 is 1.06 bits per heavy atom. The van der Waals surface area contributed by atoms with E-state index in [1.165, 1.54) is 31.2 Å². The van der Waals surface area contributed by atoms with Gasteiger partial charge in [-0.3, -0.25) is 9.36 Å². The molecule has 2 aromatic carbocycles. The molecule has 0 fully saturated rings. The van der Waals surface area contributed by atoms with E-state index in [0.717, 1.165) is 46.6 Å². The molecule has 0 bridgehead atoms. The Morgan fingerprint density at radius 3 is 2.54 bits per heavy atom. The molecule has 3 aromatic rings. The van der Waals surface area contributed by atoms with Gasteiger partial charge < -0.3 is 10.1 Å². The van der Waals surface area contributed by atoms with Crippen molar-refractivity contribution in [1.82, 2.24) is 20.1 Å². The number of unbranched alkanes of at least 4 members (excludes halogenated alkanes) is 5. The van der Waals surface area contributed by atoms with Crippen LogP contribution in [-0.4, -0.2) is 27.8 Å². The van der Waals surface area contributed by atoms with Gasteiger partial charge in [0.15, 0.2) is 11.0 Å². The predicted molar refractivity (Wildman–Crippen MR) is 143 cm³/mol. The molecule has 188 valence electrons. The van der Waals surface area contributed by atoms with Crippen molar-refractivity contribution in [3.63, 3.8) is 0 Å². The van der Waals surface area contributed by atoms with Crippen LogP contribution in [0.1, 0.15) is 81.8 Å². The number of aromatic nitrogens is 3. The third-order valence-electron chi connectivity index (χ3n) is 5.97. The largest absolute Gasteiger partial charge is 0.497 e. The van der Waals surface area contributed by atoms with Crippen LogP contribution in [0, 0.1) is 6.92 Å². The van der Waals surface area contributed by atoms with Gasteiger partial charge in [0.2, 0.25) is 5.91 Å². The Labute approximate surface area is 213 Å². The molecular weight excluding hydrogens is 456 g/mol. The minimum Gasteiger partial charge on any atom is -0.497 e. The zero-order chi connectivity index (χ0) is 25.0. The first-order valence-corrected chi connectivity index (χ1v) is 13.6. The zero-order valence-electron chi connectivity index (χ0n) is 21.4. The highest BCUT2D eigenvalue weighted by atomic mass is 32.2. The molecule has 0 aliphatic carbocycles. The molecule has 0 saturated heterocycles. The summed E-state index contributed by atoms with van der Waals surface area (Å²) in [6.07, 6.45) is 7.54. The third kappa shape index (κ3) is 8.13. The number of carbonyl (C=O) groups excluding carboxylic acids is 1. The maximum atomic E-state index is 12.6. The van der Waals surface area contributed by atoms with Crippen LogP contribution in [0.4, 0.5) is 0 Å². The third-order valence-corrected chi connectivity index (χ3v) is 6.97. The number of methoxy groups -OCH3 is 1. The van der Waals surface area contributed by atoms with Crippen molar-refractivity contribution in [3.05, 3.63) is 65.5 Å². The van der Waals surface area contributed by atoms with Crippen molar-refractivity contribution < 1.29 is 9.53 Å². The summed E-state index contributed by atoms with van der Waals surface area (Å²) in [4.78, 5) is 12.6. The average molecular weight is 495 g/mol. The highest BCUT2D eigenvalue weighted by molar-refractivity contribution is 7.98. The standard InChI is InChI=1S/C28H38N4O2S/c1-5-6-7-8-9-10-14-26(33)29-22(3)27-30-31-28(32(27)24-17-15-21(2)16-18-24)35-20-23-12-11-13-25(19-23)34-4/h11-13,15-19,22H,5-10,14,20H2,1-4H3,(H,29,33). The quantitative estimate of drug-likeness (QED) is 0.197. The van der Waals surface area contributed by atoms with E-state index in [0.29, 0.717) is 6.42 Å². The molecule has 0 aliphatic heterocycles. The van der Waals surface area contributed by atoms with Gasteiger partial charge in [-0.25, -0.2) is 0 Å². The van der Waals surface area contributed by atoms with E-state index < -0.39 is 0 Å². The number of hydrogen-bond acceptors (Lipinski definition) is 5. The molecule has 1 atom stereocenters. The van der Waals surface area contributed by atoms with E-state index in [2.05, 4.69) is 64.3 Å². The lowest BCUT2D eigenvalue weighted by molar-refractivity contribution is -0.121. The van der Waals surface area contributed by atoms with Crippen LogP contribution >= 0.6 is 11.8 Å². The highest BCUT2D eigenvalue weighted by Crippen LogP contribution is 2.28. The first-order chi connectivity index (χ1) is 17.0. The fourth-order valence-electron chi connectivity index (χ4n) is 3.95. The molecule has 0 spiro atoms.